The normalized spacial score (nSPS) is 16.0. The number of fused-ring (bicyclic) bond motifs is 1. The number of nitrogens with zero attached hydrogens (tertiary/aromatic N) is 1. The summed E-state index contributed by atoms with van der Waals surface area (Å²) in [5.74, 6) is 1.21. The maximum absolute atomic E-state index is 12.5. The fraction of sp³-hybridized carbons (Fsp3) is 0.188. The van der Waals surface area contributed by atoms with Gasteiger partial charge in [0, 0.05) is 24.4 Å². The molecule has 5 heteroatoms. The molecule has 1 aliphatic heterocycles. The number of nitrogen functional groups attached to an aromatic ring is 1. The van der Waals surface area contributed by atoms with Gasteiger partial charge < -0.3 is 19.8 Å². The van der Waals surface area contributed by atoms with Crippen molar-refractivity contribution in [2.45, 2.75) is 13.3 Å². The molecule has 0 fully saturated rings. The minimum absolute atomic E-state index is 0.175. The van der Waals surface area contributed by atoms with Crippen LogP contribution in [0.5, 0.6) is 5.75 Å². The van der Waals surface area contributed by atoms with Crippen LogP contribution in [-0.4, -0.2) is 12.5 Å². The monoisotopic (exact) mass is 284 g/mol. The second-order valence-electron chi connectivity index (χ2n) is 4.81. The zero-order valence-electron chi connectivity index (χ0n) is 11.7. The van der Waals surface area contributed by atoms with Crippen LogP contribution in [0.15, 0.2) is 46.8 Å². The van der Waals surface area contributed by atoms with Crippen molar-refractivity contribution in [1.82, 2.24) is 0 Å². The van der Waals surface area contributed by atoms with Gasteiger partial charge in [0.05, 0.1) is 12.0 Å². The smallest absolute Gasteiger partial charge is 0.294 e. The predicted octanol–water partition coefficient (Wildman–Crippen LogP) is 3.04. The summed E-state index contributed by atoms with van der Waals surface area (Å²) in [6.45, 7) is 2.64. The highest BCUT2D eigenvalue weighted by Gasteiger charge is 2.30. The first-order valence-electron chi connectivity index (χ1n) is 6.83. The van der Waals surface area contributed by atoms with Gasteiger partial charge in [-0.2, -0.15) is 0 Å². The molecule has 2 aromatic rings. The summed E-state index contributed by atoms with van der Waals surface area (Å²) in [7, 11) is 0. The van der Waals surface area contributed by atoms with E-state index in [1.54, 1.807) is 41.5 Å². The lowest BCUT2D eigenvalue weighted by atomic mass is 10.1. The summed E-state index contributed by atoms with van der Waals surface area (Å²) in [4.78, 5) is 14.3. The highest BCUT2D eigenvalue weighted by Crippen LogP contribution is 2.37. The van der Waals surface area contributed by atoms with Crippen molar-refractivity contribution in [1.29, 1.82) is 0 Å². The first-order valence-corrected chi connectivity index (χ1v) is 6.83. The zero-order valence-corrected chi connectivity index (χ0v) is 11.7. The number of benzene rings is 1. The molecule has 0 radical (unpaired) electrons. The largest absolute Gasteiger partial charge is 0.465 e. The Morgan fingerprint density at radius 1 is 1.33 bits per heavy atom. The SMILES string of the molecule is CCCN1C(=O)/C(=C\c2ccco2)Oc2cc(N)ccc21. The third-order valence-corrected chi connectivity index (χ3v) is 3.21. The van der Waals surface area contributed by atoms with Gasteiger partial charge in [0.15, 0.2) is 11.5 Å². The van der Waals surface area contributed by atoms with E-state index in [-0.39, 0.29) is 11.7 Å². The molecule has 0 saturated carbocycles. The molecule has 1 aliphatic rings. The molecule has 21 heavy (non-hydrogen) atoms. The standard InChI is InChI=1S/C16H16N2O3/c1-2-7-18-13-6-5-11(17)9-14(13)21-15(16(18)19)10-12-4-3-8-20-12/h3-6,8-10H,2,7,17H2,1H3/b15-10+. The summed E-state index contributed by atoms with van der Waals surface area (Å²) < 4.78 is 10.9. The zero-order chi connectivity index (χ0) is 14.8. The average molecular weight is 284 g/mol. The van der Waals surface area contributed by atoms with Crippen LogP contribution in [0.2, 0.25) is 0 Å². The van der Waals surface area contributed by atoms with Crippen LogP contribution < -0.4 is 15.4 Å². The summed E-state index contributed by atoms with van der Waals surface area (Å²) in [6, 6.07) is 8.82. The highest BCUT2D eigenvalue weighted by atomic mass is 16.5. The van der Waals surface area contributed by atoms with Gasteiger partial charge in [-0.1, -0.05) is 6.92 Å². The third kappa shape index (κ3) is 2.50. The van der Waals surface area contributed by atoms with Crippen molar-refractivity contribution in [2.24, 2.45) is 0 Å². The first kappa shape index (κ1) is 13.3. The van der Waals surface area contributed by atoms with Gasteiger partial charge in [-0.05, 0) is 30.7 Å². The first-order chi connectivity index (χ1) is 10.2. The molecule has 2 heterocycles. The Morgan fingerprint density at radius 2 is 2.19 bits per heavy atom. The van der Waals surface area contributed by atoms with Crippen LogP contribution in [0, 0.1) is 0 Å². The van der Waals surface area contributed by atoms with Gasteiger partial charge in [0.1, 0.15) is 5.76 Å². The second-order valence-corrected chi connectivity index (χ2v) is 4.81. The van der Waals surface area contributed by atoms with E-state index >= 15 is 0 Å². The van der Waals surface area contributed by atoms with E-state index in [0.29, 0.717) is 23.7 Å². The van der Waals surface area contributed by atoms with Crippen molar-refractivity contribution in [3.63, 3.8) is 0 Å². The molecule has 1 aromatic heterocycles. The molecule has 0 spiro atoms. The van der Waals surface area contributed by atoms with Gasteiger partial charge in [-0.15, -0.1) is 0 Å². The molecule has 108 valence electrons. The number of furan rings is 1. The fourth-order valence-electron chi connectivity index (χ4n) is 2.28. The van der Waals surface area contributed by atoms with Gasteiger partial charge in [0.2, 0.25) is 0 Å². The Bertz CT molecular complexity index is 690. The van der Waals surface area contributed by atoms with E-state index < -0.39 is 0 Å². The molecule has 1 aromatic carbocycles. The molecule has 0 atom stereocenters. The van der Waals surface area contributed by atoms with Crippen LogP contribution in [0.4, 0.5) is 11.4 Å². The lowest BCUT2D eigenvalue weighted by Gasteiger charge is -2.30. The van der Waals surface area contributed by atoms with E-state index in [2.05, 4.69) is 0 Å². The van der Waals surface area contributed by atoms with Crippen molar-refractivity contribution in [2.75, 3.05) is 17.2 Å². The Kier molecular flexibility index (Phi) is 3.39. The maximum Gasteiger partial charge on any atom is 0.294 e. The van der Waals surface area contributed by atoms with Crippen LogP contribution in [0.1, 0.15) is 19.1 Å². The topological polar surface area (TPSA) is 68.7 Å². The summed E-state index contributed by atoms with van der Waals surface area (Å²) >= 11 is 0. The van der Waals surface area contributed by atoms with Crippen molar-refractivity contribution >= 4 is 23.4 Å². The number of amides is 1. The molecule has 5 nitrogen and oxygen atoms in total. The van der Waals surface area contributed by atoms with Gasteiger partial charge in [-0.25, -0.2) is 0 Å². The van der Waals surface area contributed by atoms with Crippen molar-refractivity contribution in [3.8, 4) is 5.75 Å². The number of carbonyl (C=O) groups is 1. The Hall–Kier alpha value is -2.69. The minimum atomic E-state index is -0.175. The van der Waals surface area contributed by atoms with E-state index in [4.69, 9.17) is 14.9 Å². The quantitative estimate of drug-likeness (QED) is 0.694. The molecule has 2 N–H and O–H groups in total. The number of hydrogen-bond acceptors (Lipinski definition) is 4. The Balaban J connectivity index is 2.05. The fourth-order valence-corrected chi connectivity index (χ4v) is 2.28. The molecular formula is C16H16N2O3. The van der Waals surface area contributed by atoms with Crippen molar-refractivity contribution < 1.29 is 13.9 Å². The van der Waals surface area contributed by atoms with E-state index in [1.807, 2.05) is 13.0 Å². The number of carbonyl (C=O) groups excluding carboxylic acids is 1. The summed E-state index contributed by atoms with van der Waals surface area (Å²) in [5.41, 5.74) is 7.13. The number of anilines is 2. The molecule has 0 saturated heterocycles. The highest BCUT2D eigenvalue weighted by molar-refractivity contribution is 6.09. The minimum Gasteiger partial charge on any atom is -0.465 e. The molecule has 3 rings (SSSR count). The maximum atomic E-state index is 12.5. The van der Waals surface area contributed by atoms with Crippen LogP contribution >= 0.6 is 0 Å². The number of nitrogens with two attached hydrogens (primary N) is 1. The molecule has 0 aliphatic carbocycles. The van der Waals surface area contributed by atoms with Gasteiger partial charge in [-0.3, -0.25) is 4.79 Å². The van der Waals surface area contributed by atoms with Crippen LogP contribution in [0.25, 0.3) is 6.08 Å². The summed E-state index contributed by atoms with van der Waals surface area (Å²) in [5, 5.41) is 0. The van der Waals surface area contributed by atoms with E-state index in [1.165, 1.54) is 0 Å². The summed E-state index contributed by atoms with van der Waals surface area (Å²) in [6.07, 6.45) is 4.00. The van der Waals surface area contributed by atoms with Crippen LogP contribution in [0.3, 0.4) is 0 Å². The predicted molar refractivity (Wildman–Crippen MR) is 80.8 cm³/mol. The van der Waals surface area contributed by atoms with Gasteiger partial charge in [0.25, 0.3) is 5.91 Å². The number of ether oxygens (including phenoxy) is 1. The number of rotatable bonds is 3. The van der Waals surface area contributed by atoms with E-state index in [9.17, 15) is 4.79 Å². The Morgan fingerprint density at radius 3 is 2.90 bits per heavy atom. The molecule has 0 unspecified atom stereocenters. The third-order valence-electron chi connectivity index (χ3n) is 3.21. The van der Waals surface area contributed by atoms with E-state index in [0.717, 1.165) is 12.1 Å². The van der Waals surface area contributed by atoms with Crippen LogP contribution in [-0.2, 0) is 4.79 Å². The van der Waals surface area contributed by atoms with Gasteiger partial charge >= 0.3 is 0 Å². The average Bonchev–Trinajstić information content (AvgIpc) is 2.96. The molecule has 1 amide bonds. The second kappa shape index (κ2) is 5.36. The Labute approximate surface area is 122 Å². The van der Waals surface area contributed by atoms with Crippen molar-refractivity contribution in [3.05, 3.63) is 48.1 Å². The number of hydrogen-bond donors (Lipinski definition) is 1. The molecular weight excluding hydrogens is 268 g/mol. The molecule has 0 bridgehead atoms. The lowest BCUT2D eigenvalue weighted by Crippen LogP contribution is -2.37. The lowest BCUT2D eigenvalue weighted by molar-refractivity contribution is -0.117.